The van der Waals surface area contributed by atoms with Crippen LogP contribution in [0.3, 0.4) is 0 Å². The number of hydrogen-bond donors (Lipinski definition) is 1. The first-order chi connectivity index (χ1) is 12.9. The van der Waals surface area contributed by atoms with E-state index in [1.54, 1.807) is 0 Å². The fraction of sp³-hybridized carbons (Fsp3) is 0.636. The van der Waals surface area contributed by atoms with Gasteiger partial charge in [-0.3, -0.25) is 4.99 Å². The van der Waals surface area contributed by atoms with Crippen molar-refractivity contribution < 1.29 is 9.47 Å². The zero-order valence-electron chi connectivity index (χ0n) is 16.8. The Bertz CT molecular complexity index is 781. The van der Waals surface area contributed by atoms with Gasteiger partial charge in [0.2, 0.25) is 0 Å². The summed E-state index contributed by atoms with van der Waals surface area (Å²) in [6.07, 6.45) is 5.73. The number of fused-ring (bicyclic) bond motifs is 3. The second-order valence-corrected chi connectivity index (χ2v) is 9.19. The molecule has 2 spiro atoms. The van der Waals surface area contributed by atoms with Crippen molar-refractivity contribution in [2.75, 3.05) is 13.7 Å². The highest BCUT2D eigenvalue weighted by Crippen LogP contribution is 2.60. The second kappa shape index (κ2) is 6.85. The van der Waals surface area contributed by atoms with Crippen LogP contribution in [0.1, 0.15) is 57.6 Å². The summed E-state index contributed by atoms with van der Waals surface area (Å²) in [6.45, 7) is 7.09. The molecule has 1 aromatic carbocycles. The van der Waals surface area contributed by atoms with Gasteiger partial charge >= 0.3 is 0 Å². The molecule has 27 heavy (non-hydrogen) atoms. The maximum absolute atomic E-state index is 6.03. The molecule has 0 aromatic heterocycles. The number of ether oxygens (including phenoxy) is 2. The van der Waals surface area contributed by atoms with Gasteiger partial charge in [-0.1, -0.05) is 32.1 Å². The molecule has 0 bridgehead atoms. The van der Waals surface area contributed by atoms with Crippen molar-refractivity contribution in [3.8, 4) is 5.75 Å². The third-order valence-electron chi connectivity index (χ3n) is 6.53. The summed E-state index contributed by atoms with van der Waals surface area (Å²) < 4.78 is 11.7. The molecule has 2 aliphatic carbocycles. The van der Waals surface area contributed by atoms with Crippen molar-refractivity contribution in [3.63, 3.8) is 0 Å². The van der Waals surface area contributed by atoms with E-state index in [9.17, 15) is 0 Å². The Kier molecular flexibility index (Phi) is 4.79. The zero-order chi connectivity index (χ0) is 19.2. The summed E-state index contributed by atoms with van der Waals surface area (Å²) in [5, 5.41) is 3.65. The first-order valence-electron chi connectivity index (χ1n) is 10.1. The summed E-state index contributed by atoms with van der Waals surface area (Å²) in [5.74, 6) is 1.43. The van der Waals surface area contributed by atoms with Crippen LogP contribution in [0, 0.1) is 11.3 Å². The lowest BCUT2D eigenvalue weighted by Gasteiger charge is -2.46. The summed E-state index contributed by atoms with van der Waals surface area (Å²) in [6, 6.07) is 6.54. The van der Waals surface area contributed by atoms with Gasteiger partial charge in [-0.2, -0.15) is 0 Å². The number of nitrogens with zero attached hydrogens (tertiary/aromatic N) is 1. The minimum absolute atomic E-state index is 0.0584. The average Bonchev–Trinajstić information content (AvgIpc) is 3.09. The lowest BCUT2D eigenvalue weighted by Crippen LogP contribution is -2.52. The van der Waals surface area contributed by atoms with E-state index in [0.29, 0.717) is 12.0 Å². The number of rotatable bonds is 4. The lowest BCUT2D eigenvalue weighted by molar-refractivity contribution is -0.00616. The minimum Gasteiger partial charge on any atom is -0.493 e. The van der Waals surface area contributed by atoms with Crippen LogP contribution < -0.4 is 10.1 Å². The van der Waals surface area contributed by atoms with Crippen LogP contribution in [0.2, 0.25) is 0 Å². The van der Waals surface area contributed by atoms with Crippen LogP contribution in [0.5, 0.6) is 5.75 Å². The average molecular weight is 387 g/mol. The van der Waals surface area contributed by atoms with Gasteiger partial charge in [-0.15, -0.1) is 0 Å². The largest absolute Gasteiger partial charge is 0.493 e. The topological polar surface area (TPSA) is 42.9 Å². The predicted molar refractivity (Wildman–Crippen MR) is 113 cm³/mol. The van der Waals surface area contributed by atoms with Crippen molar-refractivity contribution in [1.29, 1.82) is 0 Å². The van der Waals surface area contributed by atoms with Gasteiger partial charge in [0.1, 0.15) is 10.7 Å². The van der Waals surface area contributed by atoms with Crippen molar-refractivity contribution in [3.05, 3.63) is 29.3 Å². The highest BCUT2D eigenvalue weighted by atomic mass is 32.1. The van der Waals surface area contributed by atoms with E-state index in [4.69, 9.17) is 26.7 Å². The van der Waals surface area contributed by atoms with Gasteiger partial charge < -0.3 is 14.8 Å². The number of aliphatic imine (C=N–C) groups is 1. The SMILES string of the molecule is CO[C@H]1CC[C@]2(CC1)Cc1ccc(OCC(C)C)cc1C21N=C(C)C(=S)N1. The Hall–Kier alpha value is -1.46. The van der Waals surface area contributed by atoms with Gasteiger partial charge in [-0.25, -0.2) is 0 Å². The van der Waals surface area contributed by atoms with E-state index in [1.807, 2.05) is 14.0 Å². The first kappa shape index (κ1) is 18.9. The monoisotopic (exact) mass is 386 g/mol. The minimum atomic E-state index is -0.445. The number of methoxy groups -OCH3 is 1. The van der Waals surface area contributed by atoms with Crippen LogP contribution in [0.4, 0.5) is 0 Å². The first-order valence-corrected chi connectivity index (χ1v) is 10.5. The van der Waals surface area contributed by atoms with Gasteiger partial charge in [0, 0.05) is 18.1 Å². The normalized spacial score (nSPS) is 32.1. The fourth-order valence-corrected chi connectivity index (χ4v) is 5.25. The fourth-order valence-electron chi connectivity index (χ4n) is 5.06. The van der Waals surface area contributed by atoms with Gasteiger partial charge in [0.05, 0.1) is 18.4 Å². The zero-order valence-corrected chi connectivity index (χ0v) is 17.6. The number of nitrogens with one attached hydrogen (secondary N) is 1. The number of thiocarbonyl (C=S) groups is 1. The highest BCUT2D eigenvalue weighted by molar-refractivity contribution is 7.82. The van der Waals surface area contributed by atoms with E-state index in [0.717, 1.165) is 55.2 Å². The maximum Gasteiger partial charge on any atom is 0.163 e. The van der Waals surface area contributed by atoms with E-state index in [2.05, 4.69) is 37.4 Å². The lowest BCUT2D eigenvalue weighted by atomic mass is 9.65. The number of hydrogen-bond acceptors (Lipinski definition) is 4. The van der Waals surface area contributed by atoms with Crippen LogP contribution in [0.15, 0.2) is 23.2 Å². The molecular formula is C22H30N2O2S. The van der Waals surface area contributed by atoms with Crippen molar-refractivity contribution in [2.24, 2.45) is 16.3 Å². The van der Waals surface area contributed by atoms with Gasteiger partial charge in [0.15, 0.2) is 5.66 Å². The van der Waals surface area contributed by atoms with E-state index < -0.39 is 5.66 Å². The molecule has 0 saturated heterocycles. The second-order valence-electron chi connectivity index (χ2n) is 8.78. The quantitative estimate of drug-likeness (QED) is 0.779. The molecule has 4 rings (SSSR count). The standard InChI is InChI=1S/C22H30N2O2S/c1-14(2)13-26-18-6-5-16-12-21(9-7-17(25-4)8-10-21)22(19(16)11-18)23-15(3)20(27)24-22/h5-6,11,14,17H,7-10,12-13H2,1-4H3,(H,24,27)/t17-,21-,22?. The molecule has 1 fully saturated rings. The molecule has 1 unspecified atom stereocenters. The van der Waals surface area contributed by atoms with Gasteiger partial charge in [0.25, 0.3) is 0 Å². The Morgan fingerprint density at radius 2 is 2.04 bits per heavy atom. The Labute approximate surface area is 167 Å². The van der Waals surface area contributed by atoms with E-state index >= 15 is 0 Å². The third kappa shape index (κ3) is 2.99. The molecule has 4 nitrogen and oxygen atoms in total. The van der Waals surface area contributed by atoms with Crippen LogP contribution in [-0.2, 0) is 16.8 Å². The number of benzene rings is 1. The molecule has 1 N–H and O–H groups in total. The molecule has 1 saturated carbocycles. The smallest absolute Gasteiger partial charge is 0.163 e. The summed E-state index contributed by atoms with van der Waals surface area (Å²) in [5.41, 5.74) is 3.18. The van der Waals surface area contributed by atoms with Gasteiger partial charge in [-0.05, 0) is 62.6 Å². The van der Waals surface area contributed by atoms with E-state index in [-0.39, 0.29) is 5.41 Å². The molecule has 1 atom stereocenters. The molecule has 1 heterocycles. The summed E-state index contributed by atoms with van der Waals surface area (Å²) >= 11 is 5.60. The molecule has 146 valence electrons. The summed E-state index contributed by atoms with van der Waals surface area (Å²) in [7, 11) is 1.82. The van der Waals surface area contributed by atoms with Crippen molar-refractivity contribution >= 4 is 22.9 Å². The molecule has 0 amide bonds. The third-order valence-corrected chi connectivity index (χ3v) is 6.93. The molecule has 0 radical (unpaired) electrons. The molecule has 1 aromatic rings. The summed E-state index contributed by atoms with van der Waals surface area (Å²) in [4.78, 5) is 5.96. The van der Waals surface area contributed by atoms with Crippen molar-refractivity contribution in [2.45, 2.75) is 64.6 Å². The van der Waals surface area contributed by atoms with Crippen LogP contribution >= 0.6 is 12.2 Å². The Balaban J connectivity index is 1.74. The predicted octanol–water partition coefficient (Wildman–Crippen LogP) is 4.40. The Morgan fingerprint density at radius 3 is 2.63 bits per heavy atom. The molecule has 5 heteroatoms. The maximum atomic E-state index is 6.03. The van der Waals surface area contributed by atoms with Crippen LogP contribution in [-0.4, -0.2) is 30.5 Å². The molecule has 1 aliphatic heterocycles. The Morgan fingerprint density at radius 1 is 1.30 bits per heavy atom. The van der Waals surface area contributed by atoms with Crippen molar-refractivity contribution in [1.82, 2.24) is 5.32 Å². The van der Waals surface area contributed by atoms with Crippen LogP contribution in [0.25, 0.3) is 0 Å². The highest BCUT2D eigenvalue weighted by Gasteiger charge is 2.61. The van der Waals surface area contributed by atoms with E-state index in [1.165, 1.54) is 11.1 Å². The molecule has 3 aliphatic rings. The molecular weight excluding hydrogens is 356 g/mol.